The molecule has 1 fully saturated rings. The lowest BCUT2D eigenvalue weighted by Crippen LogP contribution is -2.64. The zero-order chi connectivity index (χ0) is 22.6. The summed E-state index contributed by atoms with van der Waals surface area (Å²) in [6.07, 6.45) is 0. The highest BCUT2D eigenvalue weighted by Gasteiger charge is 2.49. The van der Waals surface area contributed by atoms with Gasteiger partial charge in [-0.05, 0) is 30.3 Å². The van der Waals surface area contributed by atoms with Crippen LogP contribution in [0.3, 0.4) is 0 Å². The first kappa shape index (κ1) is 23.7. The quantitative estimate of drug-likeness (QED) is 0.418. The lowest BCUT2D eigenvalue weighted by atomic mass is 9.82. The van der Waals surface area contributed by atoms with Crippen molar-refractivity contribution in [3.63, 3.8) is 0 Å². The second kappa shape index (κ2) is 9.69. The Balaban J connectivity index is 1.74. The summed E-state index contributed by atoms with van der Waals surface area (Å²) in [7, 11) is -3.83. The normalized spacial score (nSPS) is 15.8. The molecule has 0 atom stereocenters. The fraction of sp³-hybridized carbons (Fsp3) is 0.350. The zero-order valence-corrected chi connectivity index (χ0v) is 18.6. The average molecular weight is 488 g/mol. The Kier molecular flexibility index (Phi) is 7.42. The zero-order valence-electron chi connectivity index (χ0n) is 16.3. The van der Waals surface area contributed by atoms with E-state index in [0.717, 1.165) is 6.07 Å². The highest BCUT2D eigenvalue weighted by Crippen LogP contribution is 2.37. The number of rotatable bonds is 9. The Hall–Kier alpha value is -1.93. The minimum atomic E-state index is -3.83. The van der Waals surface area contributed by atoms with Crippen LogP contribution in [-0.4, -0.2) is 57.2 Å². The van der Waals surface area contributed by atoms with E-state index in [-0.39, 0.29) is 47.7 Å². The number of hydrogen-bond donors (Lipinski definition) is 2. The van der Waals surface area contributed by atoms with Crippen molar-refractivity contribution < 1.29 is 22.7 Å². The van der Waals surface area contributed by atoms with E-state index in [1.165, 1.54) is 34.6 Å². The second-order valence-electron chi connectivity index (χ2n) is 7.26. The van der Waals surface area contributed by atoms with Crippen LogP contribution in [0.25, 0.3) is 4.85 Å². The standard InChI is InChI=1S/C20H20Cl2FN3O4S/c1-24-18-4-3-15(9-17(18)23)30-13-20(10-25-6-7-27)11-26(12-20)31(28,29)19-5-2-14(21)8-16(19)22/h2-5,8-9,25,27H,6-7,10-13H2. The summed E-state index contributed by atoms with van der Waals surface area (Å²) in [5.74, 6) is -0.441. The predicted octanol–water partition coefficient (Wildman–Crippen LogP) is 3.33. The van der Waals surface area contributed by atoms with Crippen LogP contribution in [0, 0.1) is 17.8 Å². The third kappa shape index (κ3) is 5.29. The molecule has 2 aromatic carbocycles. The van der Waals surface area contributed by atoms with Gasteiger partial charge in [0.1, 0.15) is 16.5 Å². The molecule has 1 saturated heterocycles. The monoisotopic (exact) mass is 487 g/mol. The predicted molar refractivity (Wildman–Crippen MR) is 116 cm³/mol. The van der Waals surface area contributed by atoms with Gasteiger partial charge in [-0.3, -0.25) is 0 Å². The van der Waals surface area contributed by atoms with E-state index in [4.69, 9.17) is 39.6 Å². The third-order valence-electron chi connectivity index (χ3n) is 4.91. The highest BCUT2D eigenvalue weighted by molar-refractivity contribution is 7.89. The molecule has 166 valence electrons. The molecule has 0 radical (unpaired) electrons. The smallest absolute Gasteiger partial charge is 0.244 e. The van der Waals surface area contributed by atoms with Gasteiger partial charge in [0.2, 0.25) is 15.7 Å². The van der Waals surface area contributed by atoms with Crippen LogP contribution in [0.2, 0.25) is 10.0 Å². The minimum absolute atomic E-state index is 0.0341. The van der Waals surface area contributed by atoms with Crippen molar-refractivity contribution in [3.8, 4) is 5.75 Å². The van der Waals surface area contributed by atoms with Gasteiger partial charge in [-0.1, -0.05) is 23.2 Å². The number of aliphatic hydroxyl groups excluding tert-OH is 1. The van der Waals surface area contributed by atoms with Crippen molar-refractivity contribution in [2.45, 2.75) is 4.90 Å². The molecule has 2 N–H and O–H groups in total. The van der Waals surface area contributed by atoms with Crippen molar-refractivity contribution in [3.05, 3.63) is 63.7 Å². The highest BCUT2D eigenvalue weighted by atomic mass is 35.5. The maximum Gasteiger partial charge on any atom is 0.244 e. The van der Waals surface area contributed by atoms with E-state index < -0.39 is 21.3 Å². The van der Waals surface area contributed by atoms with Crippen LogP contribution in [0.5, 0.6) is 5.75 Å². The lowest BCUT2D eigenvalue weighted by molar-refractivity contribution is 0.0187. The van der Waals surface area contributed by atoms with Gasteiger partial charge in [0.25, 0.3) is 0 Å². The average Bonchev–Trinajstić information content (AvgIpc) is 2.68. The first-order chi connectivity index (χ1) is 14.7. The fourth-order valence-electron chi connectivity index (χ4n) is 3.29. The summed E-state index contributed by atoms with van der Waals surface area (Å²) in [4.78, 5) is 3.03. The first-order valence-electron chi connectivity index (χ1n) is 9.27. The van der Waals surface area contributed by atoms with Crippen molar-refractivity contribution in [2.75, 3.05) is 39.4 Å². The number of sulfonamides is 1. The first-order valence-corrected chi connectivity index (χ1v) is 11.5. The van der Waals surface area contributed by atoms with Crippen LogP contribution in [0.15, 0.2) is 41.3 Å². The van der Waals surface area contributed by atoms with Crippen LogP contribution in [0.4, 0.5) is 10.1 Å². The Labute approximate surface area is 190 Å². The molecule has 0 amide bonds. The molecule has 1 aliphatic rings. The number of halogens is 3. The number of ether oxygens (including phenoxy) is 1. The summed E-state index contributed by atoms with van der Waals surface area (Å²) in [6, 6.07) is 8.14. The molecule has 2 aromatic rings. The molecule has 0 bridgehead atoms. The third-order valence-corrected chi connectivity index (χ3v) is 7.42. The Morgan fingerprint density at radius 3 is 2.61 bits per heavy atom. The number of benzene rings is 2. The molecule has 0 aromatic heterocycles. The Bertz CT molecular complexity index is 1100. The molecular weight excluding hydrogens is 468 g/mol. The number of nitrogens with one attached hydrogen (secondary N) is 1. The molecule has 11 heteroatoms. The summed E-state index contributed by atoms with van der Waals surface area (Å²) in [5.41, 5.74) is -0.691. The maximum atomic E-state index is 13.8. The molecule has 1 heterocycles. The largest absolute Gasteiger partial charge is 0.493 e. The molecule has 0 saturated carbocycles. The number of hydrogen-bond acceptors (Lipinski definition) is 5. The van der Waals surface area contributed by atoms with Gasteiger partial charge >= 0.3 is 0 Å². The minimum Gasteiger partial charge on any atom is -0.493 e. The summed E-state index contributed by atoms with van der Waals surface area (Å²) < 4.78 is 46.8. The van der Waals surface area contributed by atoms with Gasteiger partial charge in [0.15, 0.2) is 0 Å². The summed E-state index contributed by atoms with van der Waals surface area (Å²) in [5, 5.41) is 12.5. The van der Waals surface area contributed by atoms with Gasteiger partial charge < -0.3 is 15.2 Å². The SMILES string of the molecule is [C-]#[N+]c1ccc(OCC2(CNCCO)CN(S(=O)(=O)c3ccc(Cl)cc3Cl)C2)cc1F. The Morgan fingerprint density at radius 2 is 2.00 bits per heavy atom. The molecule has 7 nitrogen and oxygen atoms in total. The molecule has 0 spiro atoms. The second-order valence-corrected chi connectivity index (χ2v) is 10.0. The van der Waals surface area contributed by atoms with E-state index >= 15 is 0 Å². The molecule has 3 rings (SSSR count). The molecule has 0 unspecified atom stereocenters. The molecule has 31 heavy (non-hydrogen) atoms. The molecular formula is C20H20Cl2FN3O4S. The van der Waals surface area contributed by atoms with Crippen molar-refractivity contribution >= 4 is 38.9 Å². The van der Waals surface area contributed by atoms with Crippen LogP contribution < -0.4 is 10.1 Å². The van der Waals surface area contributed by atoms with E-state index in [0.29, 0.717) is 18.1 Å². The van der Waals surface area contributed by atoms with Gasteiger partial charge in [-0.2, -0.15) is 4.31 Å². The summed E-state index contributed by atoms with van der Waals surface area (Å²) in [6.45, 7) is 7.97. The number of aliphatic hydroxyl groups is 1. The number of nitrogens with zero attached hydrogens (tertiary/aromatic N) is 2. The molecule has 0 aliphatic carbocycles. The van der Waals surface area contributed by atoms with Gasteiger partial charge in [0, 0.05) is 42.7 Å². The lowest BCUT2D eigenvalue weighted by Gasteiger charge is -2.48. The van der Waals surface area contributed by atoms with E-state index in [1.807, 2.05) is 0 Å². The Morgan fingerprint density at radius 1 is 1.26 bits per heavy atom. The van der Waals surface area contributed by atoms with Gasteiger partial charge in [-0.15, -0.1) is 0 Å². The van der Waals surface area contributed by atoms with Crippen molar-refractivity contribution in [2.24, 2.45) is 5.41 Å². The van der Waals surface area contributed by atoms with Crippen LogP contribution >= 0.6 is 23.2 Å². The van der Waals surface area contributed by atoms with E-state index in [9.17, 15) is 12.8 Å². The fourth-order valence-corrected chi connectivity index (χ4v) is 5.70. The maximum absolute atomic E-state index is 13.8. The topological polar surface area (TPSA) is 83.2 Å². The van der Waals surface area contributed by atoms with Crippen LogP contribution in [-0.2, 0) is 10.0 Å². The molecule has 1 aliphatic heterocycles. The van der Waals surface area contributed by atoms with Crippen LogP contribution in [0.1, 0.15) is 0 Å². The van der Waals surface area contributed by atoms with Crippen molar-refractivity contribution in [1.82, 2.24) is 9.62 Å². The van der Waals surface area contributed by atoms with E-state index in [2.05, 4.69) is 10.2 Å². The van der Waals surface area contributed by atoms with Gasteiger partial charge in [-0.25, -0.2) is 17.7 Å². The van der Waals surface area contributed by atoms with Crippen molar-refractivity contribution in [1.29, 1.82) is 0 Å². The van der Waals surface area contributed by atoms with Gasteiger partial charge in [0.05, 0.1) is 24.8 Å². The van der Waals surface area contributed by atoms with E-state index in [1.54, 1.807) is 0 Å². The summed E-state index contributed by atoms with van der Waals surface area (Å²) >= 11 is 11.9.